The Bertz CT molecular complexity index is 791. The summed E-state index contributed by atoms with van der Waals surface area (Å²) in [4.78, 5) is 2.22. The first-order chi connectivity index (χ1) is 14.6. The molecule has 0 saturated carbocycles. The molecule has 1 aliphatic carbocycles. The lowest BCUT2D eigenvalue weighted by Crippen LogP contribution is -2.12. The van der Waals surface area contributed by atoms with Crippen LogP contribution in [0.2, 0.25) is 0 Å². The molecule has 164 valence electrons. The van der Waals surface area contributed by atoms with Gasteiger partial charge in [-0.25, -0.2) is 0 Å². The van der Waals surface area contributed by atoms with E-state index in [-0.39, 0.29) is 0 Å². The molecule has 0 N–H and O–H groups in total. The molecule has 1 nitrogen and oxygen atoms in total. The van der Waals surface area contributed by atoms with Gasteiger partial charge < -0.3 is 4.90 Å². The fourth-order valence-corrected chi connectivity index (χ4v) is 4.72. The van der Waals surface area contributed by atoms with E-state index >= 15 is 0 Å². The number of benzene rings is 1. The summed E-state index contributed by atoms with van der Waals surface area (Å²) in [5, 5.41) is 0. The van der Waals surface area contributed by atoms with Crippen LogP contribution in [0.15, 0.2) is 59.8 Å². The molecular formula is C29H43N. The van der Waals surface area contributed by atoms with Crippen molar-refractivity contribution in [3.63, 3.8) is 0 Å². The average molecular weight is 406 g/mol. The molecule has 0 radical (unpaired) electrons. The number of para-hydroxylation sites is 1. The Balaban J connectivity index is 2.34. The third kappa shape index (κ3) is 6.24. The SMILES string of the molecule is C=CN(C)c1c(CC/C=C(CC)\C(CC)=C(/C)CC)cccc1C1=CCCCCC1. The molecule has 0 aliphatic heterocycles. The van der Waals surface area contributed by atoms with Crippen LogP contribution in [-0.2, 0) is 6.42 Å². The van der Waals surface area contributed by atoms with Crippen LogP contribution in [0, 0.1) is 0 Å². The van der Waals surface area contributed by atoms with Crippen LogP contribution in [0.25, 0.3) is 5.57 Å². The van der Waals surface area contributed by atoms with Crippen molar-refractivity contribution >= 4 is 11.3 Å². The highest BCUT2D eigenvalue weighted by molar-refractivity contribution is 5.79. The molecule has 0 saturated heterocycles. The third-order valence-electron chi connectivity index (χ3n) is 6.61. The molecule has 0 amide bonds. The fraction of sp³-hybridized carbons (Fsp3) is 0.517. The molecule has 2 rings (SSSR count). The van der Waals surface area contributed by atoms with Crippen molar-refractivity contribution in [3.8, 4) is 0 Å². The Morgan fingerprint density at radius 3 is 2.53 bits per heavy atom. The van der Waals surface area contributed by atoms with Gasteiger partial charge in [0.1, 0.15) is 0 Å². The van der Waals surface area contributed by atoms with Crippen molar-refractivity contribution < 1.29 is 0 Å². The Morgan fingerprint density at radius 2 is 1.87 bits per heavy atom. The van der Waals surface area contributed by atoms with Crippen molar-refractivity contribution in [2.45, 2.75) is 91.9 Å². The molecule has 0 fully saturated rings. The smallest absolute Gasteiger partial charge is 0.0512 e. The number of allylic oxidation sites excluding steroid dienone is 6. The highest BCUT2D eigenvalue weighted by Gasteiger charge is 2.15. The summed E-state index contributed by atoms with van der Waals surface area (Å²) in [5.41, 5.74) is 10.4. The molecule has 1 aromatic rings. The zero-order chi connectivity index (χ0) is 21.9. The molecule has 0 atom stereocenters. The summed E-state index contributed by atoms with van der Waals surface area (Å²) in [6.45, 7) is 13.2. The summed E-state index contributed by atoms with van der Waals surface area (Å²) in [6, 6.07) is 6.87. The molecule has 0 unspecified atom stereocenters. The Labute approximate surface area is 186 Å². The zero-order valence-corrected chi connectivity index (χ0v) is 20.2. The van der Waals surface area contributed by atoms with Crippen LogP contribution < -0.4 is 4.90 Å². The number of anilines is 1. The largest absolute Gasteiger partial charge is 0.351 e. The van der Waals surface area contributed by atoms with Crippen molar-refractivity contribution in [1.82, 2.24) is 0 Å². The highest BCUT2D eigenvalue weighted by atomic mass is 15.1. The second-order valence-corrected chi connectivity index (χ2v) is 8.52. The summed E-state index contributed by atoms with van der Waals surface area (Å²) < 4.78 is 0. The molecule has 1 heteroatoms. The minimum absolute atomic E-state index is 1.07. The summed E-state index contributed by atoms with van der Waals surface area (Å²) in [7, 11) is 2.14. The van der Waals surface area contributed by atoms with E-state index in [1.54, 1.807) is 11.1 Å². The van der Waals surface area contributed by atoms with E-state index in [0.29, 0.717) is 0 Å². The van der Waals surface area contributed by atoms with Gasteiger partial charge in [0.05, 0.1) is 5.69 Å². The predicted molar refractivity (Wildman–Crippen MR) is 136 cm³/mol. The molecule has 0 aromatic heterocycles. The minimum atomic E-state index is 1.07. The first-order valence-corrected chi connectivity index (χ1v) is 12.1. The van der Waals surface area contributed by atoms with Gasteiger partial charge in [-0.05, 0) is 93.2 Å². The highest BCUT2D eigenvalue weighted by Crippen LogP contribution is 2.36. The van der Waals surface area contributed by atoms with Gasteiger partial charge >= 0.3 is 0 Å². The van der Waals surface area contributed by atoms with Crippen LogP contribution in [0.3, 0.4) is 0 Å². The number of rotatable bonds is 10. The van der Waals surface area contributed by atoms with Crippen LogP contribution in [0.1, 0.15) is 96.6 Å². The number of aryl methyl sites for hydroxylation is 1. The van der Waals surface area contributed by atoms with Crippen LogP contribution >= 0.6 is 0 Å². The molecule has 0 bridgehead atoms. The third-order valence-corrected chi connectivity index (χ3v) is 6.61. The first kappa shape index (κ1) is 24.3. The molecule has 30 heavy (non-hydrogen) atoms. The molecule has 0 spiro atoms. The van der Waals surface area contributed by atoms with Gasteiger partial charge in [-0.1, -0.05) is 69.7 Å². The van der Waals surface area contributed by atoms with Gasteiger partial charge in [-0.15, -0.1) is 0 Å². The van der Waals surface area contributed by atoms with E-state index in [1.165, 1.54) is 60.1 Å². The maximum atomic E-state index is 4.06. The summed E-state index contributed by atoms with van der Waals surface area (Å²) in [6.07, 6.45) is 18.9. The topological polar surface area (TPSA) is 3.24 Å². The van der Waals surface area contributed by atoms with E-state index in [1.807, 2.05) is 6.20 Å². The summed E-state index contributed by atoms with van der Waals surface area (Å²) >= 11 is 0. The minimum Gasteiger partial charge on any atom is -0.351 e. The number of nitrogens with zero attached hydrogens (tertiary/aromatic N) is 1. The second kappa shape index (κ2) is 12.6. The Hall–Kier alpha value is -2.02. The lowest BCUT2D eigenvalue weighted by molar-refractivity contribution is 0.720. The van der Waals surface area contributed by atoms with Crippen molar-refractivity contribution in [2.24, 2.45) is 0 Å². The van der Waals surface area contributed by atoms with Gasteiger partial charge in [0.15, 0.2) is 0 Å². The monoisotopic (exact) mass is 405 g/mol. The molecule has 1 aliphatic rings. The normalized spacial score (nSPS) is 15.9. The fourth-order valence-electron chi connectivity index (χ4n) is 4.72. The second-order valence-electron chi connectivity index (χ2n) is 8.52. The van der Waals surface area contributed by atoms with E-state index in [4.69, 9.17) is 0 Å². The van der Waals surface area contributed by atoms with Gasteiger partial charge in [0.25, 0.3) is 0 Å². The van der Waals surface area contributed by atoms with E-state index in [9.17, 15) is 0 Å². The first-order valence-electron chi connectivity index (χ1n) is 12.1. The van der Waals surface area contributed by atoms with Gasteiger partial charge in [-0.3, -0.25) is 0 Å². The van der Waals surface area contributed by atoms with Crippen molar-refractivity contribution in [3.05, 3.63) is 71.0 Å². The quantitative estimate of drug-likeness (QED) is 0.351. The summed E-state index contributed by atoms with van der Waals surface area (Å²) in [5.74, 6) is 0. The van der Waals surface area contributed by atoms with Crippen LogP contribution in [0.5, 0.6) is 0 Å². The Kier molecular flexibility index (Phi) is 10.2. The van der Waals surface area contributed by atoms with E-state index in [2.05, 4.69) is 76.6 Å². The predicted octanol–water partition coefficient (Wildman–Crippen LogP) is 9.02. The van der Waals surface area contributed by atoms with Crippen LogP contribution in [-0.4, -0.2) is 7.05 Å². The molecule has 0 heterocycles. The standard InChI is InChI=1S/C29H43N/c1-7-23(5)27(9-3)24(8-2)19-15-20-26-21-16-22-28(29(26)30(6)10-4)25-17-13-11-12-14-18-25/h10,16-17,19,21-22H,4,7-9,11-15,18,20H2,1-3,5-6H3/b24-19-,27-23+. The van der Waals surface area contributed by atoms with E-state index < -0.39 is 0 Å². The number of hydrogen-bond donors (Lipinski definition) is 0. The number of hydrogen-bond acceptors (Lipinski definition) is 1. The van der Waals surface area contributed by atoms with Gasteiger partial charge in [0, 0.05) is 12.6 Å². The maximum Gasteiger partial charge on any atom is 0.0512 e. The lowest BCUT2D eigenvalue weighted by atomic mass is 9.92. The van der Waals surface area contributed by atoms with Gasteiger partial charge in [0.2, 0.25) is 0 Å². The average Bonchev–Trinajstić information content (AvgIpc) is 3.07. The van der Waals surface area contributed by atoms with E-state index in [0.717, 1.165) is 32.1 Å². The van der Waals surface area contributed by atoms with Crippen molar-refractivity contribution in [1.29, 1.82) is 0 Å². The maximum absolute atomic E-state index is 4.06. The van der Waals surface area contributed by atoms with Gasteiger partial charge in [-0.2, -0.15) is 0 Å². The lowest BCUT2D eigenvalue weighted by Gasteiger charge is -2.23. The molecular weight excluding hydrogens is 362 g/mol. The molecule has 1 aromatic carbocycles. The Morgan fingerprint density at radius 1 is 1.07 bits per heavy atom. The zero-order valence-electron chi connectivity index (χ0n) is 20.2. The van der Waals surface area contributed by atoms with Crippen molar-refractivity contribution in [2.75, 3.05) is 11.9 Å². The van der Waals surface area contributed by atoms with Crippen LogP contribution in [0.4, 0.5) is 5.69 Å².